The topological polar surface area (TPSA) is 36.4 Å². The average molecular weight is 421 g/mol. The molecule has 1 rings (SSSR count). The molecule has 0 bridgehead atoms. The summed E-state index contributed by atoms with van der Waals surface area (Å²) >= 11 is 1.86. The second kappa shape index (κ2) is 10.3. The molecule has 0 heterocycles. The van der Waals surface area contributed by atoms with Gasteiger partial charge < -0.3 is 10.6 Å². The van der Waals surface area contributed by atoms with Crippen LogP contribution in [0.15, 0.2) is 35.3 Å². The molecule has 0 aromatic heterocycles. The van der Waals surface area contributed by atoms with Gasteiger partial charge in [0.15, 0.2) is 5.96 Å². The Morgan fingerprint density at radius 3 is 2.38 bits per heavy atom. The normalized spacial score (nSPS) is 13.3. The fourth-order valence-electron chi connectivity index (χ4n) is 1.74. The van der Waals surface area contributed by atoms with Crippen molar-refractivity contribution in [3.63, 3.8) is 0 Å². The molecule has 0 aliphatic heterocycles. The van der Waals surface area contributed by atoms with E-state index in [2.05, 4.69) is 73.0 Å². The van der Waals surface area contributed by atoms with E-state index in [0.29, 0.717) is 5.92 Å². The van der Waals surface area contributed by atoms with Crippen LogP contribution in [0, 0.1) is 0 Å². The molecule has 0 spiro atoms. The number of halogens is 1. The lowest BCUT2D eigenvalue weighted by Gasteiger charge is -2.24. The predicted molar refractivity (Wildman–Crippen MR) is 107 cm³/mol. The molecule has 1 unspecified atom stereocenters. The van der Waals surface area contributed by atoms with Gasteiger partial charge in [0.05, 0.1) is 0 Å². The van der Waals surface area contributed by atoms with Gasteiger partial charge in [-0.05, 0) is 31.6 Å². The molecule has 0 saturated heterocycles. The van der Waals surface area contributed by atoms with Gasteiger partial charge in [-0.1, -0.05) is 37.3 Å². The summed E-state index contributed by atoms with van der Waals surface area (Å²) in [7, 11) is 1.81. The minimum Gasteiger partial charge on any atom is -0.356 e. The van der Waals surface area contributed by atoms with Crippen LogP contribution in [0.5, 0.6) is 0 Å². The van der Waals surface area contributed by atoms with E-state index in [1.165, 1.54) is 5.56 Å². The number of thioether (sulfide) groups is 1. The highest BCUT2D eigenvalue weighted by atomic mass is 127. The first-order chi connectivity index (χ1) is 9.48. The lowest BCUT2D eigenvalue weighted by Crippen LogP contribution is -2.44. The quantitative estimate of drug-likeness (QED) is 0.418. The standard InChI is InChI=1S/C16H27N3S.HI/c1-13(14-9-7-6-8-10-14)11-18-15(17-4)19-12-16(2,3)20-5;/h6-10,13H,11-12H2,1-5H3,(H2,17,18,19);1H. The van der Waals surface area contributed by atoms with E-state index in [-0.39, 0.29) is 28.7 Å². The van der Waals surface area contributed by atoms with Crippen molar-refractivity contribution in [2.45, 2.75) is 31.4 Å². The Bertz CT molecular complexity index is 421. The molecule has 1 atom stereocenters. The molecule has 0 fully saturated rings. The van der Waals surface area contributed by atoms with Crippen LogP contribution in [-0.2, 0) is 0 Å². The number of hydrogen-bond donors (Lipinski definition) is 2. The van der Waals surface area contributed by atoms with Crippen LogP contribution < -0.4 is 10.6 Å². The lowest BCUT2D eigenvalue weighted by molar-refractivity contribution is 0.650. The van der Waals surface area contributed by atoms with Crippen molar-refractivity contribution >= 4 is 41.7 Å². The first-order valence-corrected chi connectivity index (χ1v) is 8.25. The van der Waals surface area contributed by atoms with E-state index in [1.807, 2.05) is 18.8 Å². The summed E-state index contributed by atoms with van der Waals surface area (Å²) in [4.78, 5) is 4.28. The Morgan fingerprint density at radius 2 is 1.86 bits per heavy atom. The minimum absolute atomic E-state index is 0. The Kier molecular flexibility index (Phi) is 10.1. The van der Waals surface area contributed by atoms with Gasteiger partial charge in [-0.15, -0.1) is 24.0 Å². The van der Waals surface area contributed by atoms with E-state index in [0.717, 1.165) is 19.0 Å². The highest BCUT2D eigenvalue weighted by molar-refractivity contribution is 14.0. The van der Waals surface area contributed by atoms with Crippen LogP contribution in [0.2, 0.25) is 0 Å². The van der Waals surface area contributed by atoms with Crippen LogP contribution in [0.25, 0.3) is 0 Å². The molecule has 3 nitrogen and oxygen atoms in total. The predicted octanol–water partition coefficient (Wildman–Crippen LogP) is 3.71. The molecule has 0 saturated carbocycles. The third-order valence-electron chi connectivity index (χ3n) is 3.40. The van der Waals surface area contributed by atoms with E-state index < -0.39 is 0 Å². The van der Waals surface area contributed by atoms with E-state index in [1.54, 1.807) is 0 Å². The molecule has 5 heteroatoms. The molecule has 120 valence electrons. The van der Waals surface area contributed by atoms with Gasteiger partial charge >= 0.3 is 0 Å². The van der Waals surface area contributed by atoms with Crippen molar-refractivity contribution in [1.82, 2.24) is 10.6 Å². The van der Waals surface area contributed by atoms with Crippen molar-refractivity contribution in [2.75, 3.05) is 26.4 Å². The second-order valence-corrected chi connectivity index (χ2v) is 7.10. The summed E-state index contributed by atoms with van der Waals surface area (Å²) in [5.74, 6) is 1.33. The third-order valence-corrected chi connectivity index (χ3v) is 4.65. The maximum absolute atomic E-state index is 4.28. The molecular weight excluding hydrogens is 393 g/mol. The maximum atomic E-state index is 4.28. The van der Waals surface area contributed by atoms with Crippen molar-refractivity contribution in [2.24, 2.45) is 4.99 Å². The van der Waals surface area contributed by atoms with Gasteiger partial charge in [0.2, 0.25) is 0 Å². The summed E-state index contributed by atoms with van der Waals surface area (Å²) in [5.41, 5.74) is 1.35. The summed E-state index contributed by atoms with van der Waals surface area (Å²) < 4.78 is 0.211. The zero-order valence-electron chi connectivity index (χ0n) is 13.6. The third kappa shape index (κ3) is 7.95. The van der Waals surface area contributed by atoms with E-state index >= 15 is 0 Å². The number of guanidine groups is 1. The first kappa shape index (κ1) is 20.6. The van der Waals surface area contributed by atoms with Gasteiger partial charge in [-0.25, -0.2) is 0 Å². The molecule has 1 aromatic carbocycles. The molecule has 21 heavy (non-hydrogen) atoms. The SMILES string of the molecule is CN=C(NCC(C)c1ccccc1)NCC(C)(C)SC.I. The zero-order chi connectivity index (χ0) is 15.0. The minimum atomic E-state index is 0. The summed E-state index contributed by atoms with van der Waals surface area (Å²) in [5, 5.41) is 6.78. The second-order valence-electron chi connectivity index (χ2n) is 5.58. The molecule has 2 N–H and O–H groups in total. The van der Waals surface area contributed by atoms with Crippen molar-refractivity contribution < 1.29 is 0 Å². The maximum Gasteiger partial charge on any atom is 0.191 e. The molecule has 1 aromatic rings. The van der Waals surface area contributed by atoms with Gasteiger partial charge in [0.1, 0.15) is 0 Å². The van der Waals surface area contributed by atoms with Crippen LogP contribution in [0.4, 0.5) is 0 Å². The van der Waals surface area contributed by atoms with Gasteiger partial charge in [-0.2, -0.15) is 11.8 Å². The van der Waals surface area contributed by atoms with Gasteiger partial charge in [-0.3, -0.25) is 4.99 Å². The number of nitrogens with zero attached hydrogens (tertiary/aromatic N) is 1. The van der Waals surface area contributed by atoms with Crippen LogP contribution in [0.1, 0.15) is 32.3 Å². The van der Waals surface area contributed by atoms with Gasteiger partial charge in [0.25, 0.3) is 0 Å². The van der Waals surface area contributed by atoms with Crippen molar-refractivity contribution in [3.8, 4) is 0 Å². The lowest BCUT2D eigenvalue weighted by atomic mass is 10.0. The Labute approximate surface area is 150 Å². The number of nitrogens with one attached hydrogen (secondary N) is 2. The van der Waals surface area contributed by atoms with E-state index in [9.17, 15) is 0 Å². The number of benzene rings is 1. The number of aliphatic imine (C=N–C) groups is 1. The van der Waals surface area contributed by atoms with Crippen LogP contribution >= 0.6 is 35.7 Å². The fraction of sp³-hybridized carbons (Fsp3) is 0.562. The zero-order valence-corrected chi connectivity index (χ0v) is 16.8. The molecule has 0 radical (unpaired) electrons. The highest BCUT2D eigenvalue weighted by Gasteiger charge is 2.16. The first-order valence-electron chi connectivity index (χ1n) is 7.03. The van der Waals surface area contributed by atoms with Crippen LogP contribution in [0.3, 0.4) is 0 Å². The van der Waals surface area contributed by atoms with E-state index in [4.69, 9.17) is 0 Å². The summed E-state index contributed by atoms with van der Waals surface area (Å²) in [6, 6.07) is 10.5. The molecule has 0 aliphatic carbocycles. The Hall–Kier alpha value is -0.430. The fourth-order valence-corrected chi connectivity index (χ4v) is 1.96. The highest BCUT2D eigenvalue weighted by Crippen LogP contribution is 2.19. The Balaban J connectivity index is 0.00000400. The summed E-state index contributed by atoms with van der Waals surface area (Å²) in [6.45, 7) is 8.45. The monoisotopic (exact) mass is 421 g/mol. The molecular formula is C16H28IN3S. The smallest absolute Gasteiger partial charge is 0.191 e. The number of rotatable bonds is 6. The molecule has 0 amide bonds. The summed E-state index contributed by atoms with van der Waals surface area (Å²) in [6.07, 6.45) is 2.13. The van der Waals surface area contributed by atoms with Crippen LogP contribution in [-0.4, -0.2) is 37.1 Å². The Morgan fingerprint density at radius 1 is 1.24 bits per heavy atom. The number of hydrogen-bond acceptors (Lipinski definition) is 2. The largest absolute Gasteiger partial charge is 0.356 e. The van der Waals surface area contributed by atoms with Crippen molar-refractivity contribution in [3.05, 3.63) is 35.9 Å². The average Bonchev–Trinajstić information content (AvgIpc) is 2.48. The molecule has 0 aliphatic rings. The van der Waals surface area contributed by atoms with Gasteiger partial charge in [0, 0.05) is 24.9 Å². The van der Waals surface area contributed by atoms with Crippen molar-refractivity contribution in [1.29, 1.82) is 0 Å².